The summed E-state index contributed by atoms with van der Waals surface area (Å²) in [7, 11) is 0. The molecule has 88 valence electrons. The molecule has 0 aromatic carbocycles. The first-order valence-corrected chi connectivity index (χ1v) is 5.83. The molecule has 15 heavy (non-hydrogen) atoms. The summed E-state index contributed by atoms with van der Waals surface area (Å²) in [5.74, 6) is 0.770. The van der Waals surface area contributed by atoms with Crippen LogP contribution < -0.4 is 5.73 Å². The quantitative estimate of drug-likeness (QED) is 0.659. The van der Waals surface area contributed by atoms with Crippen molar-refractivity contribution >= 4 is 5.91 Å². The van der Waals surface area contributed by atoms with E-state index < -0.39 is 0 Å². The molecule has 1 amide bonds. The van der Waals surface area contributed by atoms with E-state index in [0.29, 0.717) is 25.5 Å². The highest BCUT2D eigenvalue weighted by Gasteiger charge is 2.24. The van der Waals surface area contributed by atoms with Gasteiger partial charge < -0.3 is 15.4 Å². The van der Waals surface area contributed by atoms with Gasteiger partial charge in [0.1, 0.15) is 0 Å². The van der Waals surface area contributed by atoms with Crippen LogP contribution in [-0.4, -0.2) is 43.7 Å². The summed E-state index contributed by atoms with van der Waals surface area (Å²) in [6, 6.07) is 0. The van der Waals surface area contributed by atoms with Crippen LogP contribution in [0.3, 0.4) is 0 Å². The summed E-state index contributed by atoms with van der Waals surface area (Å²) in [6.07, 6.45) is 2.50. The van der Waals surface area contributed by atoms with E-state index in [2.05, 4.69) is 0 Å². The van der Waals surface area contributed by atoms with Gasteiger partial charge in [-0.3, -0.25) is 4.79 Å². The Bertz CT molecular complexity index is 197. The van der Waals surface area contributed by atoms with Crippen molar-refractivity contribution in [1.29, 1.82) is 0 Å². The number of likely N-dealkylation sites (tertiary alicyclic amines) is 1. The lowest BCUT2D eigenvalue weighted by Crippen LogP contribution is -2.29. The zero-order valence-corrected chi connectivity index (χ0v) is 9.58. The number of ether oxygens (including phenoxy) is 1. The first-order valence-electron chi connectivity index (χ1n) is 5.83. The molecule has 0 aliphatic carbocycles. The molecule has 1 aliphatic rings. The second kappa shape index (κ2) is 6.80. The van der Waals surface area contributed by atoms with E-state index in [0.717, 1.165) is 32.5 Å². The Morgan fingerprint density at radius 2 is 2.40 bits per heavy atom. The Hall–Kier alpha value is -0.610. The maximum atomic E-state index is 11.7. The van der Waals surface area contributed by atoms with Gasteiger partial charge in [0, 0.05) is 32.7 Å². The van der Waals surface area contributed by atoms with Gasteiger partial charge in [-0.15, -0.1) is 0 Å². The van der Waals surface area contributed by atoms with Crippen LogP contribution in [0.25, 0.3) is 0 Å². The van der Waals surface area contributed by atoms with Crippen LogP contribution >= 0.6 is 0 Å². The Kier molecular flexibility index (Phi) is 5.65. The molecule has 0 aromatic heterocycles. The van der Waals surface area contributed by atoms with Gasteiger partial charge in [-0.2, -0.15) is 0 Å². The van der Waals surface area contributed by atoms with E-state index >= 15 is 0 Å². The van der Waals surface area contributed by atoms with Crippen molar-refractivity contribution in [1.82, 2.24) is 4.90 Å². The molecule has 1 rings (SSSR count). The molecular formula is C11H22N2O2. The third kappa shape index (κ3) is 4.18. The predicted octanol–water partition coefficient (Wildman–Crippen LogP) is 0.610. The third-order valence-electron chi connectivity index (χ3n) is 2.86. The molecule has 0 aromatic rings. The number of nitrogens with zero attached hydrogens (tertiary/aromatic N) is 1. The van der Waals surface area contributed by atoms with Crippen LogP contribution in [0.15, 0.2) is 0 Å². The smallest absolute Gasteiger partial charge is 0.222 e. The first-order chi connectivity index (χ1) is 7.27. The Morgan fingerprint density at radius 1 is 1.60 bits per heavy atom. The highest BCUT2D eigenvalue weighted by Crippen LogP contribution is 2.15. The summed E-state index contributed by atoms with van der Waals surface area (Å²) in [4.78, 5) is 13.6. The average molecular weight is 214 g/mol. The number of carbonyl (C=O) groups excluding carboxylic acids is 1. The molecule has 1 atom stereocenters. The number of amides is 1. The van der Waals surface area contributed by atoms with E-state index in [4.69, 9.17) is 10.5 Å². The second-order valence-corrected chi connectivity index (χ2v) is 4.03. The molecule has 1 aliphatic heterocycles. The number of rotatable bonds is 6. The van der Waals surface area contributed by atoms with Crippen molar-refractivity contribution in [2.45, 2.75) is 26.2 Å². The summed E-state index contributed by atoms with van der Waals surface area (Å²) < 4.78 is 5.20. The van der Waals surface area contributed by atoms with Crippen molar-refractivity contribution in [2.24, 2.45) is 11.7 Å². The molecular weight excluding hydrogens is 192 g/mol. The van der Waals surface area contributed by atoms with Crippen molar-refractivity contribution < 1.29 is 9.53 Å². The lowest BCUT2D eigenvalue weighted by atomic mass is 10.1. The summed E-state index contributed by atoms with van der Waals surface area (Å²) >= 11 is 0. The summed E-state index contributed by atoms with van der Waals surface area (Å²) in [6.45, 7) is 5.82. The molecule has 4 heteroatoms. The van der Waals surface area contributed by atoms with E-state index in [1.165, 1.54) is 0 Å². The normalized spacial score (nSPS) is 20.9. The minimum Gasteiger partial charge on any atom is -0.382 e. The van der Waals surface area contributed by atoms with Crippen LogP contribution in [0.5, 0.6) is 0 Å². The van der Waals surface area contributed by atoms with Gasteiger partial charge in [0.05, 0.1) is 0 Å². The lowest BCUT2D eigenvalue weighted by Gasteiger charge is -2.16. The predicted molar refractivity (Wildman–Crippen MR) is 59.5 cm³/mol. The number of carbonyl (C=O) groups is 1. The second-order valence-electron chi connectivity index (χ2n) is 4.03. The molecule has 2 N–H and O–H groups in total. The van der Waals surface area contributed by atoms with E-state index in [-0.39, 0.29) is 5.91 Å². The molecule has 0 bridgehead atoms. The van der Waals surface area contributed by atoms with Gasteiger partial charge in [-0.05, 0) is 32.2 Å². The topological polar surface area (TPSA) is 55.6 Å². The molecule has 1 saturated heterocycles. The molecule has 0 radical (unpaired) electrons. The minimum atomic E-state index is 0.255. The molecule has 0 saturated carbocycles. The van der Waals surface area contributed by atoms with Crippen LogP contribution in [-0.2, 0) is 9.53 Å². The maximum absolute atomic E-state index is 11.7. The monoisotopic (exact) mass is 214 g/mol. The van der Waals surface area contributed by atoms with Gasteiger partial charge in [0.25, 0.3) is 0 Å². The molecule has 0 spiro atoms. The van der Waals surface area contributed by atoms with Gasteiger partial charge in [0.2, 0.25) is 5.91 Å². The highest BCUT2D eigenvalue weighted by molar-refractivity contribution is 5.76. The van der Waals surface area contributed by atoms with Crippen molar-refractivity contribution in [3.05, 3.63) is 0 Å². The minimum absolute atomic E-state index is 0.255. The lowest BCUT2D eigenvalue weighted by molar-refractivity contribution is -0.130. The van der Waals surface area contributed by atoms with Gasteiger partial charge in [0.15, 0.2) is 0 Å². The van der Waals surface area contributed by atoms with Gasteiger partial charge in [-0.25, -0.2) is 0 Å². The third-order valence-corrected chi connectivity index (χ3v) is 2.86. The first kappa shape index (κ1) is 12.5. The Morgan fingerprint density at radius 3 is 3.00 bits per heavy atom. The van der Waals surface area contributed by atoms with Crippen molar-refractivity contribution in [3.63, 3.8) is 0 Å². The standard InChI is InChI=1S/C11H22N2O2/c1-2-15-7-3-4-11(14)13-6-5-10(8-12)9-13/h10H,2-9,12H2,1H3. The van der Waals surface area contributed by atoms with E-state index in [1.807, 2.05) is 11.8 Å². The largest absolute Gasteiger partial charge is 0.382 e. The molecule has 1 heterocycles. The molecule has 1 unspecified atom stereocenters. The number of hydrogen-bond acceptors (Lipinski definition) is 3. The summed E-state index contributed by atoms with van der Waals surface area (Å²) in [5.41, 5.74) is 5.58. The van der Waals surface area contributed by atoms with Crippen LogP contribution in [0.2, 0.25) is 0 Å². The van der Waals surface area contributed by atoms with Gasteiger partial charge >= 0.3 is 0 Å². The molecule has 1 fully saturated rings. The fraction of sp³-hybridized carbons (Fsp3) is 0.909. The molecule has 4 nitrogen and oxygen atoms in total. The zero-order chi connectivity index (χ0) is 11.1. The van der Waals surface area contributed by atoms with Gasteiger partial charge in [-0.1, -0.05) is 0 Å². The Balaban J connectivity index is 2.12. The average Bonchev–Trinajstić information content (AvgIpc) is 2.72. The van der Waals surface area contributed by atoms with Crippen molar-refractivity contribution in [2.75, 3.05) is 32.8 Å². The maximum Gasteiger partial charge on any atom is 0.222 e. The van der Waals surface area contributed by atoms with Crippen LogP contribution in [0.4, 0.5) is 0 Å². The van der Waals surface area contributed by atoms with Crippen LogP contribution in [0, 0.1) is 5.92 Å². The Labute approximate surface area is 91.8 Å². The SMILES string of the molecule is CCOCCCC(=O)N1CCC(CN)C1. The van der Waals surface area contributed by atoms with E-state index in [9.17, 15) is 4.79 Å². The summed E-state index contributed by atoms with van der Waals surface area (Å²) in [5, 5.41) is 0. The van der Waals surface area contributed by atoms with Crippen molar-refractivity contribution in [3.8, 4) is 0 Å². The fourth-order valence-corrected chi connectivity index (χ4v) is 1.88. The fourth-order valence-electron chi connectivity index (χ4n) is 1.88. The number of hydrogen-bond donors (Lipinski definition) is 1. The van der Waals surface area contributed by atoms with Crippen LogP contribution in [0.1, 0.15) is 26.2 Å². The zero-order valence-electron chi connectivity index (χ0n) is 9.58. The van der Waals surface area contributed by atoms with E-state index in [1.54, 1.807) is 0 Å². The highest BCUT2D eigenvalue weighted by atomic mass is 16.5. The number of nitrogens with two attached hydrogens (primary N) is 1.